The number of nitrogen functional groups attached to an aromatic ring is 1. The highest BCUT2D eigenvalue weighted by atomic mass is 32.1. The molecule has 81 heavy (non-hydrogen) atoms. The van der Waals surface area contributed by atoms with Crippen LogP contribution in [0, 0.1) is 36.5 Å². The molecule has 11 rings (SSSR count). The van der Waals surface area contributed by atoms with Gasteiger partial charge in [-0.15, -0.1) is 21.5 Å². The first-order valence-corrected chi connectivity index (χ1v) is 30.5. The molecule has 0 radical (unpaired) electrons. The Hall–Kier alpha value is -6.14. The van der Waals surface area contributed by atoms with Crippen LogP contribution in [0.2, 0.25) is 0 Å². The highest BCUT2D eigenvalue weighted by Crippen LogP contribution is 2.39. The number of carbonyl (C=O) groups excluding carboxylic acids is 2. The quantitative estimate of drug-likeness (QED) is 0.0741. The number of morpholine rings is 1. The largest absolute Gasteiger partial charge is 0.507 e. The molecule has 5 saturated heterocycles. The number of rotatable bonds is 15. The first kappa shape index (κ1) is 56.7. The van der Waals surface area contributed by atoms with Gasteiger partial charge >= 0.3 is 0 Å². The zero-order chi connectivity index (χ0) is 56.4. The van der Waals surface area contributed by atoms with Crippen LogP contribution in [0.5, 0.6) is 5.75 Å². The van der Waals surface area contributed by atoms with Crippen LogP contribution in [0.1, 0.15) is 114 Å². The van der Waals surface area contributed by atoms with Crippen molar-refractivity contribution in [1.82, 2.24) is 40.4 Å². The van der Waals surface area contributed by atoms with Crippen molar-refractivity contribution in [1.29, 1.82) is 0 Å². The number of thiazole rings is 1. The Morgan fingerprint density at radius 3 is 2.38 bits per heavy atom. The lowest BCUT2D eigenvalue weighted by Crippen LogP contribution is -2.58. The molecule has 5 aromatic rings. The van der Waals surface area contributed by atoms with E-state index in [1.54, 1.807) is 28.4 Å². The number of hydrogen-bond acceptors (Lipinski definition) is 17. The number of nitrogens with zero attached hydrogens (tertiary/aromatic N) is 9. The minimum atomic E-state index is -0.799. The Bertz CT molecular complexity index is 3020. The van der Waals surface area contributed by atoms with E-state index in [-0.39, 0.29) is 54.1 Å². The SMILES string of the molecule is Cc1ncsc1-c1ccc([C@H](C)NC(=O)[C@@H]2C[C@@H](O)CN2C(=O)[C@@H](c2cc(N3CCC(CN4CCC(OC5CC(C#C[C@@H](C)N6CCOC7(CCN(c8cc(-c9ccccc9O)nnc8N)CC7)C6)C5)CC4)CC3)no2)C(C)C)cc1. The van der Waals surface area contributed by atoms with E-state index in [0.717, 1.165) is 143 Å². The van der Waals surface area contributed by atoms with Gasteiger partial charge in [0.15, 0.2) is 17.4 Å². The lowest BCUT2D eigenvalue weighted by Gasteiger charge is -2.48. The number of aliphatic hydroxyl groups excluding tert-OH is 1. The normalized spacial score (nSPS) is 24.2. The van der Waals surface area contributed by atoms with Crippen molar-refractivity contribution in [3.8, 4) is 39.3 Å². The average molecular weight is 1120 g/mol. The molecule has 3 aromatic heterocycles. The molecule has 0 bridgehead atoms. The van der Waals surface area contributed by atoms with Gasteiger partial charge in [-0.2, -0.15) is 0 Å². The summed E-state index contributed by atoms with van der Waals surface area (Å²) in [5, 5.41) is 37.3. The van der Waals surface area contributed by atoms with Crippen molar-refractivity contribution in [3.63, 3.8) is 0 Å². The number of benzene rings is 2. The summed E-state index contributed by atoms with van der Waals surface area (Å²) in [6.45, 7) is 19.2. The number of anilines is 3. The van der Waals surface area contributed by atoms with E-state index in [9.17, 15) is 19.8 Å². The van der Waals surface area contributed by atoms with Gasteiger partial charge in [-0.3, -0.25) is 14.5 Å². The number of aromatic hydroxyl groups is 1. The Kier molecular flexibility index (Phi) is 17.3. The predicted octanol–water partition coefficient (Wildman–Crippen LogP) is 7.67. The molecule has 432 valence electrons. The second kappa shape index (κ2) is 24.8. The Morgan fingerprint density at radius 1 is 0.914 bits per heavy atom. The number of aromatic nitrogens is 4. The highest BCUT2D eigenvalue weighted by Gasteiger charge is 2.45. The maximum atomic E-state index is 14.4. The number of phenols is 1. The molecule has 6 aliphatic rings. The lowest BCUT2D eigenvalue weighted by molar-refractivity contribution is -0.141. The number of likely N-dealkylation sites (tertiary alicyclic amines) is 2. The zero-order valence-electron chi connectivity index (χ0n) is 47.7. The second-order valence-corrected chi connectivity index (χ2v) is 25.0. The summed E-state index contributed by atoms with van der Waals surface area (Å²) >= 11 is 1.60. The fourth-order valence-electron chi connectivity index (χ4n) is 13.2. The molecule has 18 nitrogen and oxygen atoms in total. The number of para-hydroxylation sites is 1. The van der Waals surface area contributed by atoms with Gasteiger partial charge in [-0.1, -0.05) is 67.2 Å². The van der Waals surface area contributed by atoms with Crippen LogP contribution in [0.3, 0.4) is 0 Å². The summed E-state index contributed by atoms with van der Waals surface area (Å²) in [5.41, 5.74) is 13.1. The van der Waals surface area contributed by atoms with Crippen LogP contribution in [0.4, 0.5) is 17.3 Å². The molecular formula is C62H81N11O7S. The molecule has 8 heterocycles. The third kappa shape index (κ3) is 12.9. The number of nitrogens with two attached hydrogens (primary N) is 1. The maximum absolute atomic E-state index is 14.4. The second-order valence-electron chi connectivity index (χ2n) is 24.2. The van der Waals surface area contributed by atoms with Gasteiger partial charge in [0, 0.05) is 89.4 Å². The van der Waals surface area contributed by atoms with Crippen LogP contribution < -0.4 is 20.9 Å². The van der Waals surface area contributed by atoms with Gasteiger partial charge in [-0.25, -0.2) is 4.98 Å². The molecule has 2 aromatic carbocycles. The molecule has 1 aliphatic carbocycles. The van der Waals surface area contributed by atoms with Crippen molar-refractivity contribution >= 4 is 40.5 Å². The monoisotopic (exact) mass is 1120 g/mol. The van der Waals surface area contributed by atoms with Gasteiger partial charge in [-0.05, 0) is 113 Å². The molecule has 6 fully saturated rings. The molecule has 1 spiro atoms. The number of carbonyl (C=O) groups is 2. The molecule has 0 unspecified atom stereocenters. The number of phenolic OH excluding ortho intramolecular Hbond substituents is 1. The highest BCUT2D eigenvalue weighted by molar-refractivity contribution is 7.13. The third-order valence-electron chi connectivity index (χ3n) is 18.2. The van der Waals surface area contributed by atoms with Crippen LogP contribution in [-0.4, -0.2) is 165 Å². The predicted molar refractivity (Wildman–Crippen MR) is 314 cm³/mol. The molecule has 1 saturated carbocycles. The van der Waals surface area contributed by atoms with E-state index in [1.807, 2.05) is 81.7 Å². The van der Waals surface area contributed by atoms with E-state index in [1.165, 1.54) is 0 Å². The van der Waals surface area contributed by atoms with E-state index < -0.39 is 18.1 Å². The summed E-state index contributed by atoms with van der Waals surface area (Å²) in [4.78, 5) is 44.9. The van der Waals surface area contributed by atoms with E-state index in [0.29, 0.717) is 53.5 Å². The lowest BCUT2D eigenvalue weighted by atomic mass is 9.82. The number of nitrogens with one attached hydrogen (secondary N) is 1. The summed E-state index contributed by atoms with van der Waals surface area (Å²) in [5.74, 6) is 8.72. The van der Waals surface area contributed by atoms with E-state index >= 15 is 0 Å². The summed E-state index contributed by atoms with van der Waals surface area (Å²) in [7, 11) is 0. The van der Waals surface area contributed by atoms with Crippen LogP contribution in [0.25, 0.3) is 21.7 Å². The van der Waals surface area contributed by atoms with Crippen molar-refractivity contribution in [3.05, 3.63) is 83.2 Å². The smallest absolute Gasteiger partial charge is 0.243 e. The van der Waals surface area contributed by atoms with Crippen molar-refractivity contribution in [2.45, 2.75) is 140 Å². The fourth-order valence-corrected chi connectivity index (χ4v) is 14.0. The maximum Gasteiger partial charge on any atom is 0.243 e. The summed E-state index contributed by atoms with van der Waals surface area (Å²) in [6, 6.07) is 18.2. The minimum Gasteiger partial charge on any atom is -0.507 e. The van der Waals surface area contributed by atoms with Gasteiger partial charge < -0.3 is 54.9 Å². The average Bonchev–Trinajstić information content (AvgIpc) is 4.30. The number of hydrogen-bond donors (Lipinski definition) is 4. The number of ether oxygens (including phenoxy) is 2. The number of aliphatic hydroxyl groups is 1. The minimum absolute atomic E-state index is 0.0880. The topological polar surface area (TPSA) is 212 Å². The van der Waals surface area contributed by atoms with Crippen molar-refractivity contribution in [2.75, 3.05) is 87.6 Å². The van der Waals surface area contributed by atoms with Gasteiger partial charge in [0.25, 0.3) is 0 Å². The molecule has 5 N–H and O–H groups in total. The van der Waals surface area contributed by atoms with Gasteiger partial charge in [0.1, 0.15) is 17.7 Å². The molecule has 5 aliphatic heterocycles. The number of aryl methyl sites for hydroxylation is 1. The molecular weight excluding hydrogens is 1040 g/mol. The number of amides is 2. The fraction of sp³-hybridized carbons (Fsp3) is 0.581. The van der Waals surface area contributed by atoms with Crippen LogP contribution in [0.15, 0.2) is 70.7 Å². The van der Waals surface area contributed by atoms with E-state index in [2.05, 4.69) is 64.0 Å². The van der Waals surface area contributed by atoms with Crippen molar-refractivity contribution < 1.29 is 33.8 Å². The molecule has 2 amide bonds. The summed E-state index contributed by atoms with van der Waals surface area (Å²) < 4.78 is 19.1. The zero-order valence-corrected chi connectivity index (χ0v) is 48.5. The van der Waals surface area contributed by atoms with Gasteiger partial charge in [0.2, 0.25) is 11.8 Å². The molecule has 19 heteroatoms. The van der Waals surface area contributed by atoms with Crippen molar-refractivity contribution in [2.24, 2.45) is 17.8 Å². The molecule has 5 atom stereocenters. The summed E-state index contributed by atoms with van der Waals surface area (Å²) in [6.07, 6.45) is 7.99. The van der Waals surface area contributed by atoms with Gasteiger partial charge in [0.05, 0.1) is 70.1 Å². The van der Waals surface area contributed by atoms with Crippen LogP contribution >= 0.6 is 11.3 Å². The van der Waals surface area contributed by atoms with Crippen LogP contribution in [-0.2, 0) is 19.1 Å². The first-order valence-electron chi connectivity index (χ1n) is 29.6. The Balaban J connectivity index is 0.584. The number of β-amino-alcohol motifs (C(OH)–C–C–N with tert-alkyl or cyclic N) is 1. The standard InChI is InChI=1S/C62H81N11O7S/c1-39(2)57(61(77)73-36-47(74)32-53(73)60(76)65-41(4)45-12-14-46(15-13-45)58-42(5)64-38-81-58)55-34-56(68-80-55)71-24-16-43(17-25-71)35-69-22-18-48(19-23-69)79-49-30-44(31-49)11-10-40(3)72-28-29-78-62(37-72)20-26-70(27-21-62)52-33-51(66-67-59(52)63)50-8-6-7-9-54(50)75/h6-9,12-15,33-34,38-41,43-44,47-49,53,57,74-75H,16-32,35-37H2,1-5H3,(H2,63,67)(H,65,76)/t40-,41+,44?,47-,49?,53+,57-/m1/s1. The Labute approximate surface area is 480 Å². The first-order chi connectivity index (χ1) is 39.2. The Morgan fingerprint density at radius 2 is 1.67 bits per heavy atom. The third-order valence-corrected chi connectivity index (χ3v) is 19.2. The van der Waals surface area contributed by atoms with E-state index in [4.69, 9.17) is 19.7 Å². The number of piperidine rings is 3.